The Bertz CT molecular complexity index is 1110. The second kappa shape index (κ2) is 10.3. The Hall–Kier alpha value is -3.38. The van der Waals surface area contributed by atoms with Gasteiger partial charge in [-0.25, -0.2) is 9.18 Å². The van der Waals surface area contributed by atoms with Gasteiger partial charge in [0.15, 0.2) is 21.9 Å². The molecule has 0 saturated heterocycles. The minimum Gasteiger partial charge on any atom is -0.486 e. The lowest BCUT2D eigenvalue weighted by Crippen LogP contribution is -2.46. The van der Waals surface area contributed by atoms with Crippen LogP contribution in [0.25, 0.3) is 0 Å². The van der Waals surface area contributed by atoms with Gasteiger partial charge in [0, 0.05) is 0 Å². The first-order chi connectivity index (χ1) is 15.6. The van der Waals surface area contributed by atoms with Gasteiger partial charge in [0.2, 0.25) is 11.0 Å². The number of aromatic nitrogens is 2. The maximum Gasteiger partial charge on any atom is 0.321 e. The number of nitrogens with one attached hydrogen (secondary N) is 3. The second-order valence-corrected chi connectivity index (χ2v) is 8.72. The molecule has 0 aliphatic carbocycles. The number of nitrogens with zero attached hydrogens (tertiary/aromatic N) is 2. The van der Waals surface area contributed by atoms with Gasteiger partial charge in [-0.1, -0.05) is 47.4 Å². The minimum atomic E-state index is -0.628. The molecule has 0 radical (unpaired) electrons. The van der Waals surface area contributed by atoms with E-state index in [2.05, 4.69) is 26.1 Å². The third-order valence-electron chi connectivity index (χ3n) is 4.16. The van der Waals surface area contributed by atoms with E-state index in [1.807, 2.05) is 12.1 Å². The number of halogens is 1. The molecule has 32 heavy (non-hydrogen) atoms. The van der Waals surface area contributed by atoms with E-state index in [0.717, 1.165) is 11.8 Å². The Kier molecular flexibility index (Phi) is 7.02. The average Bonchev–Trinajstić information content (AvgIpc) is 3.25. The van der Waals surface area contributed by atoms with Crippen molar-refractivity contribution in [2.75, 3.05) is 24.2 Å². The zero-order valence-corrected chi connectivity index (χ0v) is 18.2. The van der Waals surface area contributed by atoms with Gasteiger partial charge in [-0.05, 0) is 24.3 Å². The number of thioether (sulfide) groups is 1. The number of rotatable bonds is 7. The van der Waals surface area contributed by atoms with Crippen LogP contribution >= 0.6 is 23.1 Å². The summed E-state index contributed by atoms with van der Waals surface area (Å²) < 4.78 is 25.5. The number of para-hydroxylation sites is 3. The summed E-state index contributed by atoms with van der Waals surface area (Å²) in [7, 11) is 0. The molecule has 2 heterocycles. The van der Waals surface area contributed by atoms with Gasteiger partial charge in [-0.2, -0.15) is 0 Å². The molecule has 12 heteroatoms. The van der Waals surface area contributed by atoms with Crippen molar-refractivity contribution in [2.45, 2.75) is 10.4 Å². The molecule has 1 aliphatic rings. The van der Waals surface area contributed by atoms with E-state index in [-0.39, 0.29) is 24.1 Å². The first-order valence-electron chi connectivity index (χ1n) is 9.51. The largest absolute Gasteiger partial charge is 0.486 e. The number of urea groups is 1. The lowest BCUT2D eigenvalue weighted by molar-refractivity contribution is -0.117. The van der Waals surface area contributed by atoms with Crippen LogP contribution in [0.15, 0.2) is 52.9 Å². The summed E-state index contributed by atoms with van der Waals surface area (Å²) in [6.45, 7) is 0.476. The molecule has 166 valence electrons. The normalized spacial score (nSPS) is 14.5. The predicted molar refractivity (Wildman–Crippen MR) is 118 cm³/mol. The number of carbonyl (C=O) groups excluding carboxylic acids is 2. The topological polar surface area (TPSA) is 114 Å². The summed E-state index contributed by atoms with van der Waals surface area (Å²) in [6, 6.07) is 12.8. The molecule has 0 saturated carbocycles. The van der Waals surface area contributed by atoms with Crippen LogP contribution in [0, 0.1) is 5.82 Å². The average molecular weight is 476 g/mol. The SMILES string of the molecule is O=C(CSc1nnc(Nc2ccccc2F)s1)NC(=O)NCC1COc2ccccc2O1. The fourth-order valence-electron chi connectivity index (χ4n) is 2.70. The molecule has 0 bridgehead atoms. The van der Waals surface area contributed by atoms with Crippen LogP contribution < -0.4 is 25.4 Å². The van der Waals surface area contributed by atoms with Crippen molar-refractivity contribution in [3.05, 3.63) is 54.3 Å². The molecule has 3 N–H and O–H groups in total. The van der Waals surface area contributed by atoms with E-state index in [1.165, 1.54) is 17.4 Å². The second-order valence-electron chi connectivity index (χ2n) is 6.52. The Morgan fingerprint density at radius 1 is 1.12 bits per heavy atom. The Balaban J connectivity index is 1.17. The van der Waals surface area contributed by atoms with E-state index in [4.69, 9.17) is 9.47 Å². The Morgan fingerprint density at radius 3 is 2.75 bits per heavy atom. The van der Waals surface area contributed by atoms with Crippen LogP contribution in [0.5, 0.6) is 11.5 Å². The van der Waals surface area contributed by atoms with Crippen molar-refractivity contribution < 1.29 is 23.5 Å². The zero-order valence-electron chi connectivity index (χ0n) is 16.5. The van der Waals surface area contributed by atoms with Gasteiger partial charge in [-0.15, -0.1) is 10.2 Å². The number of benzene rings is 2. The highest BCUT2D eigenvalue weighted by Crippen LogP contribution is 2.31. The number of imide groups is 1. The molecule has 1 aromatic heterocycles. The quantitative estimate of drug-likeness (QED) is 0.447. The highest BCUT2D eigenvalue weighted by Gasteiger charge is 2.21. The summed E-state index contributed by atoms with van der Waals surface area (Å²) in [6.07, 6.45) is -0.359. The number of amides is 3. The molecule has 9 nitrogen and oxygen atoms in total. The molecule has 1 unspecified atom stereocenters. The highest BCUT2D eigenvalue weighted by atomic mass is 32.2. The third kappa shape index (κ3) is 5.86. The van der Waals surface area contributed by atoms with Gasteiger partial charge in [0.1, 0.15) is 12.4 Å². The van der Waals surface area contributed by atoms with Crippen LogP contribution in [-0.2, 0) is 4.79 Å². The number of anilines is 2. The van der Waals surface area contributed by atoms with Gasteiger partial charge in [-0.3, -0.25) is 10.1 Å². The fraction of sp³-hybridized carbons (Fsp3) is 0.200. The molecule has 0 spiro atoms. The molecular formula is C20H18FN5O4S2. The molecule has 4 rings (SSSR count). The maximum absolute atomic E-state index is 13.7. The summed E-state index contributed by atoms with van der Waals surface area (Å²) >= 11 is 2.29. The number of carbonyl (C=O) groups is 2. The Labute approximate surface area is 190 Å². The minimum absolute atomic E-state index is 0.0296. The van der Waals surface area contributed by atoms with Crippen molar-refractivity contribution in [1.82, 2.24) is 20.8 Å². The van der Waals surface area contributed by atoms with E-state index >= 15 is 0 Å². The van der Waals surface area contributed by atoms with Crippen molar-refractivity contribution in [2.24, 2.45) is 0 Å². The molecule has 3 aromatic rings. The molecule has 3 amide bonds. The van der Waals surface area contributed by atoms with Gasteiger partial charge in [0.25, 0.3) is 0 Å². The number of hydrogen-bond donors (Lipinski definition) is 3. The predicted octanol–water partition coefficient (Wildman–Crippen LogP) is 3.18. The summed E-state index contributed by atoms with van der Waals surface area (Å²) in [5, 5.41) is 15.9. The monoisotopic (exact) mass is 475 g/mol. The summed E-state index contributed by atoms with van der Waals surface area (Å²) in [4.78, 5) is 24.0. The maximum atomic E-state index is 13.7. The van der Waals surface area contributed by atoms with Crippen LogP contribution in [0.2, 0.25) is 0 Å². The van der Waals surface area contributed by atoms with Crippen LogP contribution in [0.3, 0.4) is 0 Å². The van der Waals surface area contributed by atoms with Crippen molar-refractivity contribution in [3.8, 4) is 11.5 Å². The fourth-order valence-corrected chi connectivity index (χ4v) is 4.27. The van der Waals surface area contributed by atoms with Gasteiger partial charge < -0.3 is 20.1 Å². The standard InChI is InChI=1S/C20H18FN5O4S2/c21-13-5-1-2-6-14(13)23-19-25-26-20(32-19)31-11-17(27)24-18(28)22-9-12-10-29-15-7-3-4-8-16(15)30-12/h1-8,12H,9-11H2,(H,23,25)(H2,22,24,27,28). The molecule has 2 aromatic carbocycles. The zero-order chi connectivity index (χ0) is 22.3. The molecule has 1 atom stereocenters. The number of fused-ring (bicyclic) bond motifs is 1. The van der Waals surface area contributed by atoms with Gasteiger partial charge in [0.05, 0.1) is 18.0 Å². The van der Waals surface area contributed by atoms with Crippen molar-refractivity contribution in [1.29, 1.82) is 0 Å². The van der Waals surface area contributed by atoms with Crippen molar-refractivity contribution in [3.63, 3.8) is 0 Å². The molecular weight excluding hydrogens is 457 g/mol. The highest BCUT2D eigenvalue weighted by molar-refractivity contribution is 8.01. The first kappa shape index (κ1) is 21.8. The van der Waals surface area contributed by atoms with Crippen LogP contribution in [0.1, 0.15) is 0 Å². The van der Waals surface area contributed by atoms with E-state index in [0.29, 0.717) is 27.6 Å². The van der Waals surface area contributed by atoms with E-state index in [1.54, 1.807) is 30.3 Å². The first-order valence-corrected chi connectivity index (χ1v) is 11.3. The molecule has 0 fully saturated rings. The van der Waals surface area contributed by atoms with E-state index in [9.17, 15) is 14.0 Å². The lowest BCUT2D eigenvalue weighted by atomic mass is 10.2. The Morgan fingerprint density at radius 2 is 1.91 bits per heavy atom. The summed E-state index contributed by atoms with van der Waals surface area (Å²) in [5.74, 6) is 0.343. The lowest BCUT2D eigenvalue weighted by Gasteiger charge is -2.26. The smallest absolute Gasteiger partial charge is 0.321 e. The number of ether oxygens (including phenoxy) is 2. The molecule has 1 aliphatic heterocycles. The van der Waals surface area contributed by atoms with Crippen LogP contribution in [-0.4, -0.2) is 47.1 Å². The van der Waals surface area contributed by atoms with Gasteiger partial charge >= 0.3 is 6.03 Å². The third-order valence-corrected chi connectivity index (χ3v) is 6.13. The number of hydrogen-bond acceptors (Lipinski definition) is 9. The van der Waals surface area contributed by atoms with Crippen LogP contribution in [0.4, 0.5) is 20.0 Å². The summed E-state index contributed by atoms with van der Waals surface area (Å²) in [5.41, 5.74) is 0.283. The van der Waals surface area contributed by atoms with E-state index < -0.39 is 17.8 Å². The van der Waals surface area contributed by atoms with Crippen molar-refractivity contribution >= 4 is 45.9 Å².